The van der Waals surface area contributed by atoms with Crippen LogP contribution in [0, 0.1) is 11.3 Å². The van der Waals surface area contributed by atoms with Crippen molar-refractivity contribution in [3.63, 3.8) is 0 Å². The van der Waals surface area contributed by atoms with Crippen LogP contribution in [0.25, 0.3) is 0 Å². The quantitative estimate of drug-likeness (QED) is 0.877. The van der Waals surface area contributed by atoms with Crippen molar-refractivity contribution < 1.29 is 4.79 Å². The Kier molecular flexibility index (Phi) is 3.77. The van der Waals surface area contributed by atoms with Gasteiger partial charge in [0.15, 0.2) is 0 Å². The largest absolute Gasteiger partial charge is 0.324 e. The van der Waals surface area contributed by atoms with E-state index in [2.05, 4.69) is 26.6 Å². The van der Waals surface area contributed by atoms with Gasteiger partial charge in [0.25, 0.3) is 0 Å². The van der Waals surface area contributed by atoms with Gasteiger partial charge in [-0.1, -0.05) is 0 Å². The van der Waals surface area contributed by atoms with Gasteiger partial charge in [-0.2, -0.15) is 5.26 Å². The summed E-state index contributed by atoms with van der Waals surface area (Å²) in [4.78, 5) is 11.9. The molecule has 1 fully saturated rings. The van der Waals surface area contributed by atoms with Crippen molar-refractivity contribution in [2.45, 2.75) is 18.9 Å². The highest BCUT2D eigenvalue weighted by molar-refractivity contribution is 9.10. The Morgan fingerprint density at radius 1 is 1.59 bits per heavy atom. The SMILES string of the molecule is N#Cc1ccc(NC(=O)[C@H]2CCCN2)c(Br)c1. The Morgan fingerprint density at radius 2 is 2.41 bits per heavy atom. The number of nitrogens with one attached hydrogen (secondary N) is 2. The molecule has 4 nitrogen and oxygen atoms in total. The first-order chi connectivity index (χ1) is 8.20. The minimum atomic E-state index is -0.0995. The molecule has 0 radical (unpaired) electrons. The number of carbonyl (C=O) groups excluding carboxylic acids is 1. The highest BCUT2D eigenvalue weighted by atomic mass is 79.9. The van der Waals surface area contributed by atoms with Crippen LogP contribution in [0.1, 0.15) is 18.4 Å². The maximum absolute atomic E-state index is 11.9. The molecule has 17 heavy (non-hydrogen) atoms. The van der Waals surface area contributed by atoms with Crippen molar-refractivity contribution in [3.8, 4) is 6.07 Å². The molecule has 0 saturated carbocycles. The molecule has 88 valence electrons. The highest BCUT2D eigenvalue weighted by Gasteiger charge is 2.22. The first kappa shape index (κ1) is 12.1. The predicted molar refractivity (Wildman–Crippen MR) is 68.5 cm³/mol. The number of hydrogen-bond acceptors (Lipinski definition) is 3. The van der Waals surface area contributed by atoms with Gasteiger partial charge < -0.3 is 10.6 Å². The van der Waals surface area contributed by atoms with Crippen LogP contribution in [0.3, 0.4) is 0 Å². The zero-order valence-electron chi connectivity index (χ0n) is 9.16. The number of halogens is 1. The van der Waals surface area contributed by atoms with Gasteiger partial charge in [-0.05, 0) is 53.5 Å². The van der Waals surface area contributed by atoms with Crippen LogP contribution in [-0.4, -0.2) is 18.5 Å². The van der Waals surface area contributed by atoms with E-state index in [-0.39, 0.29) is 11.9 Å². The van der Waals surface area contributed by atoms with Gasteiger partial charge in [-0.3, -0.25) is 4.79 Å². The maximum Gasteiger partial charge on any atom is 0.241 e. The lowest BCUT2D eigenvalue weighted by atomic mass is 10.2. The summed E-state index contributed by atoms with van der Waals surface area (Å²) in [5, 5.41) is 14.7. The summed E-state index contributed by atoms with van der Waals surface area (Å²) in [5.41, 5.74) is 1.26. The highest BCUT2D eigenvalue weighted by Crippen LogP contribution is 2.24. The van der Waals surface area contributed by atoms with Crippen LogP contribution in [0.4, 0.5) is 5.69 Å². The smallest absolute Gasteiger partial charge is 0.241 e. The van der Waals surface area contributed by atoms with E-state index in [1.54, 1.807) is 18.2 Å². The molecule has 1 aromatic carbocycles. The third-order valence-corrected chi connectivity index (χ3v) is 3.39. The maximum atomic E-state index is 11.9. The van der Waals surface area contributed by atoms with E-state index in [1.165, 1.54) is 0 Å². The second-order valence-electron chi connectivity index (χ2n) is 3.94. The molecule has 1 atom stereocenters. The summed E-state index contributed by atoms with van der Waals surface area (Å²) in [6.07, 6.45) is 1.91. The third-order valence-electron chi connectivity index (χ3n) is 2.73. The van der Waals surface area contributed by atoms with E-state index in [4.69, 9.17) is 5.26 Å². The van der Waals surface area contributed by atoms with Crippen molar-refractivity contribution in [2.24, 2.45) is 0 Å². The van der Waals surface area contributed by atoms with E-state index >= 15 is 0 Å². The number of amides is 1. The topological polar surface area (TPSA) is 64.9 Å². The van der Waals surface area contributed by atoms with Crippen molar-refractivity contribution in [1.82, 2.24) is 5.32 Å². The molecule has 0 aliphatic carbocycles. The van der Waals surface area contributed by atoms with E-state index in [0.717, 1.165) is 23.9 Å². The summed E-state index contributed by atoms with van der Waals surface area (Å²) in [6.45, 7) is 0.895. The van der Waals surface area contributed by atoms with Crippen LogP contribution in [-0.2, 0) is 4.79 Å². The van der Waals surface area contributed by atoms with E-state index < -0.39 is 0 Å². The fraction of sp³-hybridized carbons (Fsp3) is 0.333. The molecule has 1 aliphatic heterocycles. The lowest BCUT2D eigenvalue weighted by molar-refractivity contribution is -0.117. The molecule has 0 spiro atoms. The molecular formula is C12H12BrN3O. The molecule has 1 amide bonds. The van der Waals surface area contributed by atoms with E-state index in [1.807, 2.05) is 6.07 Å². The first-order valence-electron chi connectivity index (χ1n) is 5.44. The van der Waals surface area contributed by atoms with Crippen LogP contribution in [0.15, 0.2) is 22.7 Å². The lowest BCUT2D eigenvalue weighted by Crippen LogP contribution is -2.35. The average molecular weight is 294 g/mol. The molecule has 0 unspecified atom stereocenters. The van der Waals surface area contributed by atoms with E-state index in [0.29, 0.717) is 11.3 Å². The van der Waals surface area contributed by atoms with Crippen molar-refractivity contribution >= 4 is 27.5 Å². The van der Waals surface area contributed by atoms with Gasteiger partial charge >= 0.3 is 0 Å². The second-order valence-corrected chi connectivity index (χ2v) is 4.80. The number of anilines is 1. The number of benzene rings is 1. The van der Waals surface area contributed by atoms with Gasteiger partial charge in [-0.15, -0.1) is 0 Å². The minimum absolute atomic E-state index is 0.0205. The monoisotopic (exact) mass is 293 g/mol. The molecule has 2 rings (SSSR count). The molecule has 2 N–H and O–H groups in total. The first-order valence-corrected chi connectivity index (χ1v) is 6.24. The number of carbonyl (C=O) groups is 1. The molecule has 5 heteroatoms. The standard InChI is InChI=1S/C12H12BrN3O/c13-9-6-8(7-14)3-4-10(9)16-12(17)11-2-1-5-15-11/h3-4,6,11,15H,1-2,5H2,(H,16,17)/t11-/m1/s1. The molecular weight excluding hydrogens is 282 g/mol. The van der Waals surface area contributed by atoms with Gasteiger partial charge in [0.1, 0.15) is 0 Å². The lowest BCUT2D eigenvalue weighted by Gasteiger charge is -2.12. The Morgan fingerprint density at radius 3 is 3.00 bits per heavy atom. The van der Waals surface area contributed by atoms with Crippen molar-refractivity contribution in [1.29, 1.82) is 5.26 Å². The number of rotatable bonds is 2. The molecule has 0 bridgehead atoms. The van der Waals surface area contributed by atoms with Gasteiger partial charge in [0.05, 0.1) is 23.4 Å². The summed E-state index contributed by atoms with van der Waals surface area (Å²) in [5.74, 6) is -0.0205. The Hall–Kier alpha value is -1.38. The van der Waals surface area contributed by atoms with Crippen molar-refractivity contribution in [2.75, 3.05) is 11.9 Å². The predicted octanol–water partition coefficient (Wildman–Crippen LogP) is 2.01. The Labute approximate surface area is 108 Å². The van der Waals surface area contributed by atoms with Crippen LogP contribution in [0.5, 0.6) is 0 Å². The van der Waals surface area contributed by atoms with Crippen LogP contribution >= 0.6 is 15.9 Å². The normalized spacial score (nSPS) is 18.7. The second kappa shape index (κ2) is 5.30. The Bertz CT molecular complexity index is 475. The summed E-state index contributed by atoms with van der Waals surface area (Å²) in [7, 11) is 0. The van der Waals surface area contributed by atoms with Gasteiger partial charge in [-0.25, -0.2) is 0 Å². The Balaban J connectivity index is 2.08. The zero-order chi connectivity index (χ0) is 12.3. The minimum Gasteiger partial charge on any atom is -0.324 e. The van der Waals surface area contributed by atoms with Gasteiger partial charge in [0.2, 0.25) is 5.91 Å². The fourth-order valence-corrected chi connectivity index (χ4v) is 2.29. The summed E-state index contributed by atoms with van der Waals surface area (Å²) in [6, 6.07) is 7.06. The van der Waals surface area contributed by atoms with Crippen LogP contribution in [0.2, 0.25) is 0 Å². The molecule has 1 aliphatic rings. The molecule has 0 aromatic heterocycles. The van der Waals surface area contributed by atoms with Crippen LogP contribution < -0.4 is 10.6 Å². The number of nitriles is 1. The fourth-order valence-electron chi connectivity index (χ4n) is 1.81. The van der Waals surface area contributed by atoms with Crippen molar-refractivity contribution in [3.05, 3.63) is 28.2 Å². The summed E-state index contributed by atoms with van der Waals surface area (Å²) >= 11 is 3.34. The molecule has 1 heterocycles. The zero-order valence-corrected chi connectivity index (χ0v) is 10.8. The molecule has 1 saturated heterocycles. The number of hydrogen-bond donors (Lipinski definition) is 2. The van der Waals surface area contributed by atoms with Gasteiger partial charge in [0, 0.05) is 4.47 Å². The molecule has 1 aromatic rings. The average Bonchev–Trinajstić information content (AvgIpc) is 2.85. The summed E-state index contributed by atoms with van der Waals surface area (Å²) < 4.78 is 0.725. The number of nitrogens with zero attached hydrogens (tertiary/aromatic N) is 1. The third kappa shape index (κ3) is 2.84. The van der Waals surface area contributed by atoms with E-state index in [9.17, 15) is 4.79 Å².